The van der Waals surface area contributed by atoms with Gasteiger partial charge in [0.25, 0.3) is 0 Å². The highest BCUT2D eigenvalue weighted by Crippen LogP contribution is 2.26. The second-order valence-electron chi connectivity index (χ2n) is 6.63. The van der Waals surface area contributed by atoms with Crippen molar-refractivity contribution in [2.45, 2.75) is 51.4 Å². The minimum Gasteiger partial charge on any atom is -0.406 e. The van der Waals surface area contributed by atoms with E-state index in [-0.39, 0.29) is 5.78 Å². The summed E-state index contributed by atoms with van der Waals surface area (Å²) < 4.78 is 6.58. The number of Topliss-reactive ketones (excluding diaryl/α,β-unsaturated/α-hetero) is 1. The Hall–Kier alpha value is -1.97. The van der Waals surface area contributed by atoms with Gasteiger partial charge in [0.15, 0.2) is 14.1 Å². The third-order valence-electron chi connectivity index (χ3n) is 5.14. The van der Waals surface area contributed by atoms with Crippen molar-refractivity contribution in [2.75, 3.05) is 0 Å². The topological polar surface area (TPSA) is 26.3 Å². The van der Waals surface area contributed by atoms with Crippen molar-refractivity contribution in [3.05, 3.63) is 77.9 Å². The highest BCUT2D eigenvalue weighted by atomic mass is 28.4. The van der Waals surface area contributed by atoms with Crippen molar-refractivity contribution in [2.24, 2.45) is 0 Å². The number of ketones is 1. The molecule has 0 saturated heterocycles. The number of rotatable bonds is 10. The first kappa shape index (κ1) is 20.3. The summed E-state index contributed by atoms with van der Waals surface area (Å²) in [4.78, 5) is 13.1. The Kier molecular flexibility index (Phi) is 8.01. The highest BCUT2D eigenvalue weighted by molar-refractivity contribution is 6.73. The van der Waals surface area contributed by atoms with Crippen LogP contribution in [0.1, 0.15) is 43.1 Å². The number of benzene rings is 2. The van der Waals surface area contributed by atoms with Gasteiger partial charge in [-0.2, -0.15) is 0 Å². The van der Waals surface area contributed by atoms with Gasteiger partial charge in [-0.1, -0.05) is 93.6 Å². The van der Waals surface area contributed by atoms with Crippen molar-refractivity contribution in [1.29, 1.82) is 0 Å². The molecule has 0 radical (unpaired) electrons. The minimum absolute atomic E-state index is 0.0931. The van der Waals surface area contributed by atoms with E-state index in [9.17, 15) is 4.79 Å². The molecule has 0 bridgehead atoms. The quantitative estimate of drug-likeness (QED) is 0.361. The number of carbonyl (C=O) groups is 1. The molecule has 0 aliphatic carbocycles. The molecule has 0 spiro atoms. The van der Waals surface area contributed by atoms with Gasteiger partial charge in [-0.05, 0) is 30.1 Å². The summed E-state index contributed by atoms with van der Waals surface area (Å²) in [5.41, 5.74) is 1.88. The maximum absolute atomic E-state index is 13.1. The maximum Gasteiger partial charge on any atom is 0.193 e. The maximum atomic E-state index is 13.1. The standard InChI is InChI=1S/C23H30O2Si/c1-4-26(5-2,6-3)25-22(23(24)21-17-11-8-12-18-21)19-13-16-20-14-9-7-10-15-20/h7-18,22H,4-6,19H2,1-3H3/b16-13+. The van der Waals surface area contributed by atoms with Gasteiger partial charge in [-0.15, -0.1) is 0 Å². The predicted octanol–water partition coefficient (Wildman–Crippen LogP) is 6.36. The zero-order valence-electron chi connectivity index (χ0n) is 16.2. The Morgan fingerprint density at radius 2 is 1.46 bits per heavy atom. The molecular weight excluding hydrogens is 336 g/mol. The number of hydrogen-bond acceptors (Lipinski definition) is 2. The van der Waals surface area contributed by atoms with Crippen LogP contribution in [-0.2, 0) is 4.43 Å². The van der Waals surface area contributed by atoms with Crippen molar-refractivity contribution in [1.82, 2.24) is 0 Å². The fourth-order valence-electron chi connectivity index (χ4n) is 3.19. The molecule has 2 rings (SSSR count). The van der Waals surface area contributed by atoms with Gasteiger partial charge in [0.2, 0.25) is 0 Å². The molecule has 0 aliphatic rings. The Bertz CT molecular complexity index is 682. The van der Waals surface area contributed by atoms with Gasteiger partial charge in [-0.3, -0.25) is 4.79 Å². The lowest BCUT2D eigenvalue weighted by atomic mass is 10.0. The second kappa shape index (κ2) is 10.2. The number of carbonyl (C=O) groups excluding carboxylic acids is 1. The first-order valence-electron chi connectivity index (χ1n) is 9.62. The Labute approximate surface area is 159 Å². The lowest BCUT2D eigenvalue weighted by Gasteiger charge is -2.32. The molecule has 0 N–H and O–H groups in total. The van der Waals surface area contributed by atoms with Gasteiger partial charge in [0.1, 0.15) is 6.10 Å². The van der Waals surface area contributed by atoms with Crippen LogP contribution in [0.2, 0.25) is 18.1 Å². The normalized spacial score (nSPS) is 13.0. The lowest BCUT2D eigenvalue weighted by molar-refractivity contribution is 0.0777. The molecule has 3 heteroatoms. The van der Waals surface area contributed by atoms with Gasteiger partial charge in [0, 0.05) is 5.56 Å². The summed E-state index contributed by atoms with van der Waals surface area (Å²) in [5.74, 6) is 0.0931. The molecule has 138 valence electrons. The smallest absolute Gasteiger partial charge is 0.193 e. The van der Waals surface area contributed by atoms with Crippen LogP contribution >= 0.6 is 0 Å². The predicted molar refractivity (Wildman–Crippen MR) is 113 cm³/mol. The third kappa shape index (κ3) is 5.51. The van der Waals surface area contributed by atoms with E-state index in [1.54, 1.807) is 0 Å². The molecular formula is C23H30O2Si. The fraction of sp³-hybridized carbons (Fsp3) is 0.348. The highest BCUT2D eigenvalue weighted by Gasteiger charge is 2.34. The van der Waals surface area contributed by atoms with Crippen LogP contribution in [-0.4, -0.2) is 20.2 Å². The summed E-state index contributed by atoms with van der Waals surface area (Å²) in [6.07, 6.45) is 4.35. The van der Waals surface area contributed by atoms with E-state index < -0.39 is 14.4 Å². The average molecular weight is 367 g/mol. The molecule has 0 saturated carbocycles. The molecule has 26 heavy (non-hydrogen) atoms. The fourth-order valence-corrected chi connectivity index (χ4v) is 6.00. The molecule has 2 aromatic rings. The van der Waals surface area contributed by atoms with Crippen molar-refractivity contribution >= 4 is 20.2 Å². The summed E-state index contributed by atoms with van der Waals surface area (Å²) in [6, 6.07) is 22.8. The monoisotopic (exact) mass is 366 g/mol. The van der Waals surface area contributed by atoms with Crippen LogP contribution < -0.4 is 0 Å². The Balaban J connectivity index is 2.20. The van der Waals surface area contributed by atoms with Crippen molar-refractivity contribution in [3.63, 3.8) is 0 Å². The van der Waals surface area contributed by atoms with E-state index in [4.69, 9.17) is 4.43 Å². The number of hydrogen-bond donors (Lipinski definition) is 0. The van der Waals surface area contributed by atoms with Crippen LogP contribution in [0.15, 0.2) is 66.7 Å². The van der Waals surface area contributed by atoms with Crippen molar-refractivity contribution in [3.8, 4) is 0 Å². The van der Waals surface area contributed by atoms with Crippen LogP contribution in [0.4, 0.5) is 0 Å². The SMILES string of the molecule is CC[Si](CC)(CC)OC(C/C=C/c1ccccc1)C(=O)c1ccccc1. The largest absolute Gasteiger partial charge is 0.406 e. The zero-order chi connectivity index (χ0) is 18.8. The van der Waals surface area contributed by atoms with Crippen LogP contribution in [0, 0.1) is 0 Å². The first-order valence-corrected chi connectivity index (χ1v) is 12.2. The summed E-state index contributed by atoms with van der Waals surface area (Å²) >= 11 is 0. The van der Waals surface area contributed by atoms with E-state index >= 15 is 0 Å². The van der Waals surface area contributed by atoms with Crippen LogP contribution in [0.3, 0.4) is 0 Å². The minimum atomic E-state index is -1.86. The van der Waals surface area contributed by atoms with E-state index in [0.29, 0.717) is 6.42 Å². The molecule has 0 aliphatic heterocycles. The summed E-state index contributed by atoms with van der Waals surface area (Å²) in [6.45, 7) is 6.59. The molecule has 2 nitrogen and oxygen atoms in total. The summed E-state index contributed by atoms with van der Waals surface area (Å²) in [5, 5.41) is 0. The van der Waals surface area contributed by atoms with Gasteiger partial charge >= 0.3 is 0 Å². The van der Waals surface area contributed by atoms with E-state index in [2.05, 4.69) is 45.1 Å². The van der Waals surface area contributed by atoms with Gasteiger partial charge in [0.05, 0.1) is 0 Å². The lowest BCUT2D eigenvalue weighted by Crippen LogP contribution is -2.42. The van der Waals surface area contributed by atoms with Gasteiger partial charge < -0.3 is 4.43 Å². The van der Waals surface area contributed by atoms with Crippen molar-refractivity contribution < 1.29 is 9.22 Å². The summed E-state index contributed by atoms with van der Waals surface area (Å²) in [7, 11) is -1.86. The third-order valence-corrected chi connectivity index (χ3v) is 9.79. The van der Waals surface area contributed by atoms with Crippen LogP contribution in [0.25, 0.3) is 6.08 Å². The average Bonchev–Trinajstić information content (AvgIpc) is 2.72. The Morgan fingerprint density at radius 3 is 2.00 bits per heavy atom. The first-order chi connectivity index (χ1) is 12.6. The molecule has 0 fully saturated rings. The Morgan fingerprint density at radius 1 is 0.923 bits per heavy atom. The molecule has 0 amide bonds. The molecule has 1 atom stereocenters. The van der Waals surface area contributed by atoms with E-state index in [1.165, 1.54) is 0 Å². The zero-order valence-corrected chi connectivity index (χ0v) is 17.2. The van der Waals surface area contributed by atoms with E-state index in [0.717, 1.165) is 29.3 Å². The van der Waals surface area contributed by atoms with E-state index in [1.807, 2.05) is 48.5 Å². The van der Waals surface area contributed by atoms with Gasteiger partial charge in [-0.25, -0.2) is 0 Å². The molecule has 1 unspecified atom stereocenters. The van der Waals surface area contributed by atoms with Crippen LogP contribution in [0.5, 0.6) is 0 Å². The molecule has 0 aromatic heterocycles. The molecule has 2 aromatic carbocycles. The molecule has 0 heterocycles. The second-order valence-corrected chi connectivity index (χ2v) is 11.4.